The number of nitrogens with zero attached hydrogens (tertiary/aromatic N) is 2. The first-order valence-corrected chi connectivity index (χ1v) is 8.86. The third-order valence-corrected chi connectivity index (χ3v) is 4.57. The van der Waals surface area contributed by atoms with Gasteiger partial charge in [-0.3, -0.25) is 4.40 Å². The molecule has 0 aliphatic heterocycles. The van der Waals surface area contributed by atoms with Crippen LogP contribution in [0, 0.1) is 6.92 Å². The highest BCUT2D eigenvalue weighted by atomic mass is 16.5. The second-order valence-corrected chi connectivity index (χ2v) is 6.48. The van der Waals surface area contributed by atoms with E-state index in [0.29, 0.717) is 5.75 Å². The van der Waals surface area contributed by atoms with Crippen LogP contribution < -0.4 is 14.8 Å². The van der Waals surface area contributed by atoms with Crippen molar-refractivity contribution in [3.05, 3.63) is 66.4 Å². The van der Waals surface area contributed by atoms with E-state index < -0.39 is 0 Å². The smallest absolute Gasteiger partial charge is 0.160 e. The lowest BCUT2D eigenvalue weighted by Crippen LogP contribution is -1.97. The lowest BCUT2D eigenvalue weighted by Gasteiger charge is -2.11. The van der Waals surface area contributed by atoms with E-state index in [4.69, 9.17) is 14.5 Å². The van der Waals surface area contributed by atoms with Crippen LogP contribution in [0.3, 0.4) is 0 Å². The quantitative estimate of drug-likeness (QED) is 0.526. The van der Waals surface area contributed by atoms with Crippen molar-refractivity contribution < 1.29 is 14.6 Å². The Balaban J connectivity index is 1.87. The van der Waals surface area contributed by atoms with Crippen LogP contribution >= 0.6 is 0 Å². The summed E-state index contributed by atoms with van der Waals surface area (Å²) in [4.78, 5) is 4.80. The van der Waals surface area contributed by atoms with Gasteiger partial charge in [-0.15, -0.1) is 0 Å². The number of phenolic OH excluding ortho intramolecular Hbond substituents is 1. The number of nitrogens with one attached hydrogen (secondary N) is 1. The number of aromatic nitrogens is 2. The topological polar surface area (TPSA) is 68.0 Å². The Labute approximate surface area is 163 Å². The van der Waals surface area contributed by atoms with Crippen LogP contribution in [-0.4, -0.2) is 28.7 Å². The number of imidazole rings is 1. The summed E-state index contributed by atoms with van der Waals surface area (Å²) in [7, 11) is 3.17. The van der Waals surface area contributed by atoms with Crippen molar-refractivity contribution >= 4 is 17.2 Å². The largest absolute Gasteiger partial charge is 0.504 e. The van der Waals surface area contributed by atoms with Gasteiger partial charge in [-0.25, -0.2) is 4.98 Å². The number of aryl methyl sites for hydroxylation is 1. The normalized spacial score (nSPS) is 10.8. The van der Waals surface area contributed by atoms with E-state index in [-0.39, 0.29) is 5.75 Å². The van der Waals surface area contributed by atoms with Crippen LogP contribution in [0.4, 0.5) is 11.5 Å². The molecule has 2 heterocycles. The van der Waals surface area contributed by atoms with Crippen LogP contribution in [0.15, 0.2) is 60.8 Å². The van der Waals surface area contributed by atoms with E-state index in [1.54, 1.807) is 19.2 Å². The van der Waals surface area contributed by atoms with Gasteiger partial charge in [-0.05, 0) is 55.0 Å². The van der Waals surface area contributed by atoms with Crippen LogP contribution in [0.25, 0.3) is 16.9 Å². The number of anilines is 2. The van der Waals surface area contributed by atoms with E-state index in [0.717, 1.165) is 39.7 Å². The zero-order chi connectivity index (χ0) is 19.7. The molecule has 0 amide bonds. The Hall–Kier alpha value is -3.67. The lowest BCUT2D eigenvalue weighted by atomic mass is 10.1. The fourth-order valence-corrected chi connectivity index (χ4v) is 3.14. The average molecular weight is 375 g/mol. The number of rotatable bonds is 5. The molecule has 0 aliphatic carbocycles. The number of hydrogen-bond donors (Lipinski definition) is 2. The average Bonchev–Trinajstić information content (AvgIpc) is 3.05. The first-order chi connectivity index (χ1) is 13.6. The van der Waals surface area contributed by atoms with Crippen LogP contribution in [0.1, 0.15) is 5.56 Å². The molecule has 0 aliphatic rings. The zero-order valence-electron chi connectivity index (χ0n) is 15.9. The highest BCUT2D eigenvalue weighted by molar-refractivity contribution is 5.81. The summed E-state index contributed by atoms with van der Waals surface area (Å²) in [5, 5.41) is 13.7. The zero-order valence-corrected chi connectivity index (χ0v) is 15.9. The van der Waals surface area contributed by atoms with E-state index in [1.165, 1.54) is 7.11 Å². The summed E-state index contributed by atoms with van der Waals surface area (Å²) in [5.74, 6) is 2.05. The Morgan fingerprint density at radius 2 is 1.86 bits per heavy atom. The molecule has 28 heavy (non-hydrogen) atoms. The number of aromatic hydroxyl groups is 1. The van der Waals surface area contributed by atoms with E-state index in [1.807, 2.05) is 60.0 Å². The number of ether oxygens (including phenoxy) is 2. The highest BCUT2D eigenvalue weighted by Crippen LogP contribution is 2.36. The summed E-state index contributed by atoms with van der Waals surface area (Å²) < 4.78 is 12.5. The molecule has 0 unspecified atom stereocenters. The molecule has 6 heteroatoms. The molecule has 0 spiro atoms. The fourth-order valence-electron chi connectivity index (χ4n) is 3.14. The predicted octanol–water partition coefficient (Wildman–Crippen LogP) is 4.78. The summed E-state index contributed by atoms with van der Waals surface area (Å²) in [6.07, 6.45) is 1.98. The third-order valence-electron chi connectivity index (χ3n) is 4.57. The standard InChI is InChI=1S/C22H21N3O3/c1-14-9-10-25-20(11-14)24-21(15-7-8-19(28-3)18(26)12-15)22(25)23-16-5-4-6-17(13-16)27-2/h4-13,23,26H,1-3H3. The van der Waals surface area contributed by atoms with Gasteiger partial charge in [0.1, 0.15) is 22.9 Å². The number of benzene rings is 2. The van der Waals surface area contributed by atoms with Gasteiger partial charge in [0.15, 0.2) is 11.5 Å². The Morgan fingerprint density at radius 1 is 1.00 bits per heavy atom. The first-order valence-electron chi connectivity index (χ1n) is 8.86. The second kappa shape index (κ2) is 7.15. The number of phenols is 1. The Bertz CT molecular complexity index is 1150. The van der Waals surface area contributed by atoms with Gasteiger partial charge in [-0.1, -0.05) is 6.07 Å². The van der Waals surface area contributed by atoms with Gasteiger partial charge in [0.2, 0.25) is 0 Å². The monoisotopic (exact) mass is 375 g/mol. The van der Waals surface area contributed by atoms with Crippen LogP contribution in [-0.2, 0) is 0 Å². The van der Waals surface area contributed by atoms with Crippen molar-refractivity contribution in [2.24, 2.45) is 0 Å². The summed E-state index contributed by atoms with van der Waals surface area (Å²) in [6, 6.07) is 17.0. The van der Waals surface area contributed by atoms with Gasteiger partial charge in [0.25, 0.3) is 0 Å². The lowest BCUT2D eigenvalue weighted by molar-refractivity contribution is 0.373. The van der Waals surface area contributed by atoms with E-state index in [2.05, 4.69) is 5.32 Å². The molecule has 2 N–H and O–H groups in total. The van der Waals surface area contributed by atoms with Crippen molar-refractivity contribution in [1.29, 1.82) is 0 Å². The number of pyridine rings is 1. The maximum Gasteiger partial charge on any atom is 0.160 e. The molecule has 0 radical (unpaired) electrons. The second-order valence-electron chi connectivity index (χ2n) is 6.48. The Morgan fingerprint density at radius 3 is 2.61 bits per heavy atom. The maximum atomic E-state index is 10.2. The number of methoxy groups -OCH3 is 2. The van der Waals surface area contributed by atoms with Crippen molar-refractivity contribution in [3.8, 4) is 28.5 Å². The molecular weight excluding hydrogens is 354 g/mol. The molecule has 0 atom stereocenters. The summed E-state index contributed by atoms with van der Waals surface area (Å²) in [6.45, 7) is 2.03. The van der Waals surface area contributed by atoms with Gasteiger partial charge >= 0.3 is 0 Å². The highest BCUT2D eigenvalue weighted by Gasteiger charge is 2.16. The predicted molar refractivity (Wildman–Crippen MR) is 110 cm³/mol. The summed E-state index contributed by atoms with van der Waals surface area (Å²) in [5.41, 5.74) is 4.32. The number of hydrogen-bond acceptors (Lipinski definition) is 5. The maximum absolute atomic E-state index is 10.2. The van der Waals surface area contributed by atoms with Crippen molar-refractivity contribution in [1.82, 2.24) is 9.38 Å². The molecule has 2 aromatic carbocycles. The minimum Gasteiger partial charge on any atom is -0.504 e. The SMILES string of the molecule is COc1cccc(Nc2c(-c3ccc(OC)c(O)c3)nc3cc(C)ccn23)c1. The molecule has 0 fully saturated rings. The van der Waals surface area contributed by atoms with Crippen LogP contribution in [0.5, 0.6) is 17.2 Å². The minimum absolute atomic E-state index is 0.0700. The summed E-state index contributed by atoms with van der Waals surface area (Å²) >= 11 is 0. The van der Waals surface area contributed by atoms with Gasteiger partial charge in [0, 0.05) is 23.5 Å². The van der Waals surface area contributed by atoms with Crippen LogP contribution in [0.2, 0.25) is 0 Å². The fraction of sp³-hybridized carbons (Fsp3) is 0.136. The molecular formula is C22H21N3O3. The molecule has 142 valence electrons. The van der Waals surface area contributed by atoms with Gasteiger partial charge < -0.3 is 19.9 Å². The van der Waals surface area contributed by atoms with Crippen molar-refractivity contribution in [3.63, 3.8) is 0 Å². The molecule has 0 saturated carbocycles. The van der Waals surface area contributed by atoms with E-state index in [9.17, 15) is 5.11 Å². The molecule has 0 saturated heterocycles. The Kier molecular flexibility index (Phi) is 4.53. The molecule has 6 nitrogen and oxygen atoms in total. The molecule has 0 bridgehead atoms. The minimum atomic E-state index is 0.0700. The van der Waals surface area contributed by atoms with Gasteiger partial charge in [-0.2, -0.15) is 0 Å². The third kappa shape index (κ3) is 3.20. The molecule has 4 rings (SSSR count). The van der Waals surface area contributed by atoms with Crippen molar-refractivity contribution in [2.75, 3.05) is 19.5 Å². The van der Waals surface area contributed by atoms with Crippen molar-refractivity contribution in [2.45, 2.75) is 6.92 Å². The first kappa shape index (κ1) is 17.7. The van der Waals surface area contributed by atoms with E-state index >= 15 is 0 Å². The number of fused-ring (bicyclic) bond motifs is 1. The van der Waals surface area contributed by atoms with Gasteiger partial charge in [0.05, 0.1) is 14.2 Å². The molecule has 4 aromatic rings. The molecule has 2 aromatic heterocycles.